The van der Waals surface area contributed by atoms with Gasteiger partial charge in [-0.1, -0.05) is 41.6 Å². The van der Waals surface area contributed by atoms with Gasteiger partial charge >= 0.3 is 5.97 Å². The molecule has 4 nitrogen and oxygen atoms in total. The van der Waals surface area contributed by atoms with E-state index in [1.807, 2.05) is 30.3 Å². The van der Waals surface area contributed by atoms with Crippen LogP contribution >= 0.6 is 0 Å². The molecule has 1 aromatic heterocycles. The summed E-state index contributed by atoms with van der Waals surface area (Å²) in [7, 11) is 0. The highest BCUT2D eigenvalue weighted by atomic mass is 16.7. The zero-order valence-corrected chi connectivity index (χ0v) is 10.4. The average molecular weight is 254 g/mol. The molecule has 96 valence electrons. The van der Waals surface area contributed by atoms with Gasteiger partial charge in [0.05, 0.1) is 0 Å². The van der Waals surface area contributed by atoms with Gasteiger partial charge in [0.2, 0.25) is 0 Å². The van der Waals surface area contributed by atoms with Gasteiger partial charge in [0.15, 0.2) is 5.69 Å². The first kappa shape index (κ1) is 13.0. The van der Waals surface area contributed by atoms with Crippen molar-refractivity contribution >= 4 is 12.2 Å². The molecule has 0 N–H and O–H groups in total. The number of hydrogen-bond acceptors (Lipinski definition) is 4. The molecule has 1 heterocycles. The minimum absolute atomic E-state index is 0.253. The van der Waals surface area contributed by atoms with Crippen LogP contribution < -0.4 is 0 Å². The van der Waals surface area contributed by atoms with Gasteiger partial charge in [-0.05, 0) is 30.5 Å². The van der Waals surface area contributed by atoms with Crippen molar-refractivity contribution in [3.63, 3.8) is 0 Å². The highest BCUT2D eigenvalue weighted by molar-refractivity contribution is 5.87. The summed E-state index contributed by atoms with van der Waals surface area (Å²) in [6.45, 7) is 0. The van der Waals surface area contributed by atoms with Gasteiger partial charge in [-0.3, -0.25) is 0 Å². The van der Waals surface area contributed by atoms with Gasteiger partial charge in [-0.25, -0.2) is 9.78 Å². The summed E-state index contributed by atoms with van der Waals surface area (Å²) in [5, 5.41) is 3.65. The molecule has 0 saturated carbocycles. The zero-order valence-electron chi connectivity index (χ0n) is 10.4. The van der Waals surface area contributed by atoms with Gasteiger partial charge in [0, 0.05) is 12.4 Å². The van der Waals surface area contributed by atoms with Gasteiger partial charge in [0.1, 0.15) is 0 Å². The topological polar surface area (TPSA) is 51.5 Å². The molecule has 2 aromatic rings. The third-order valence-electron chi connectivity index (χ3n) is 2.49. The molecule has 0 unspecified atom stereocenters. The van der Waals surface area contributed by atoms with Crippen molar-refractivity contribution < 1.29 is 9.63 Å². The lowest BCUT2D eigenvalue weighted by Crippen LogP contribution is -2.03. The molecule has 0 spiro atoms. The summed E-state index contributed by atoms with van der Waals surface area (Å²) in [5.74, 6) is -0.545. The van der Waals surface area contributed by atoms with E-state index in [9.17, 15) is 4.79 Å². The molecular weight excluding hydrogens is 240 g/mol. The van der Waals surface area contributed by atoms with Crippen LogP contribution in [0.5, 0.6) is 0 Å². The Morgan fingerprint density at radius 1 is 1.16 bits per heavy atom. The van der Waals surface area contributed by atoms with E-state index in [-0.39, 0.29) is 5.69 Å². The molecule has 4 heteroatoms. The fourth-order valence-corrected chi connectivity index (χ4v) is 1.54. The minimum atomic E-state index is -0.545. The van der Waals surface area contributed by atoms with Crippen molar-refractivity contribution in [3.05, 3.63) is 66.0 Å². The number of nitrogens with zero attached hydrogens (tertiary/aromatic N) is 2. The molecule has 0 radical (unpaired) electrons. The Labute approximate surface area is 111 Å². The molecule has 0 fully saturated rings. The molecule has 0 bridgehead atoms. The lowest BCUT2D eigenvalue weighted by molar-refractivity contribution is 0.0511. The van der Waals surface area contributed by atoms with E-state index >= 15 is 0 Å². The van der Waals surface area contributed by atoms with Crippen molar-refractivity contribution in [2.45, 2.75) is 12.8 Å². The summed E-state index contributed by atoms with van der Waals surface area (Å²) in [4.78, 5) is 20.1. The third-order valence-corrected chi connectivity index (χ3v) is 2.49. The number of oxime groups is 1. The fraction of sp³-hybridized carbons (Fsp3) is 0.133. The second-order valence-corrected chi connectivity index (χ2v) is 3.91. The Morgan fingerprint density at radius 3 is 2.68 bits per heavy atom. The molecule has 0 aliphatic carbocycles. The van der Waals surface area contributed by atoms with E-state index < -0.39 is 5.97 Å². The van der Waals surface area contributed by atoms with Gasteiger partial charge in [0.25, 0.3) is 0 Å². The second kappa shape index (κ2) is 7.06. The predicted octanol–water partition coefficient (Wildman–Crippen LogP) is 2.86. The third kappa shape index (κ3) is 4.35. The predicted molar refractivity (Wildman–Crippen MR) is 72.9 cm³/mol. The summed E-state index contributed by atoms with van der Waals surface area (Å²) in [6, 6.07) is 15.1. The van der Waals surface area contributed by atoms with Gasteiger partial charge in [-0.2, -0.15) is 0 Å². The highest BCUT2D eigenvalue weighted by Crippen LogP contribution is 2.01. The van der Waals surface area contributed by atoms with E-state index in [4.69, 9.17) is 4.84 Å². The first-order valence-electron chi connectivity index (χ1n) is 6.04. The normalized spacial score (nSPS) is 10.5. The molecule has 0 atom stereocenters. The summed E-state index contributed by atoms with van der Waals surface area (Å²) < 4.78 is 0. The van der Waals surface area contributed by atoms with Crippen LogP contribution in [0.2, 0.25) is 0 Å². The van der Waals surface area contributed by atoms with Crippen LogP contribution in [0.4, 0.5) is 0 Å². The van der Waals surface area contributed by atoms with Crippen LogP contribution in [0.25, 0.3) is 0 Å². The maximum atomic E-state index is 11.5. The van der Waals surface area contributed by atoms with E-state index in [0.29, 0.717) is 0 Å². The fourth-order valence-electron chi connectivity index (χ4n) is 1.54. The van der Waals surface area contributed by atoms with Crippen LogP contribution in [0.1, 0.15) is 22.5 Å². The first-order chi connectivity index (χ1) is 9.36. The number of benzene rings is 1. The zero-order chi connectivity index (χ0) is 13.3. The molecule has 2 rings (SSSR count). The van der Waals surface area contributed by atoms with Crippen LogP contribution in [0.3, 0.4) is 0 Å². The Kier molecular flexibility index (Phi) is 4.81. The molecule has 0 saturated heterocycles. The largest absolute Gasteiger partial charge is 0.383 e. The lowest BCUT2D eigenvalue weighted by atomic mass is 10.1. The maximum Gasteiger partial charge on any atom is 0.383 e. The maximum absolute atomic E-state index is 11.5. The number of carbonyl (C=O) groups is 1. The van der Waals surface area contributed by atoms with Crippen LogP contribution in [0, 0.1) is 0 Å². The van der Waals surface area contributed by atoms with Gasteiger partial charge < -0.3 is 4.84 Å². The highest BCUT2D eigenvalue weighted by Gasteiger charge is 2.06. The molecule has 19 heavy (non-hydrogen) atoms. The van der Waals surface area contributed by atoms with Crippen LogP contribution in [-0.2, 0) is 11.3 Å². The van der Waals surface area contributed by atoms with Crippen LogP contribution in [0.15, 0.2) is 59.9 Å². The summed E-state index contributed by atoms with van der Waals surface area (Å²) >= 11 is 0. The number of aromatic nitrogens is 1. The quantitative estimate of drug-likeness (QED) is 0.468. The Balaban J connectivity index is 1.74. The van der Waals surface area contributed by atoms with Crippen molar-refractivity contribution in [2.24, 2.45) is 5.16 Å². The van der Waals surface area contributed by atoms with E-state index in [1.165, 1.54) is 11.8 Å². The SMILES string of the molecule is O=C(O/N=C/CCc1ccccc1)c1ccccn1. The molecule has 0 aliphatic heterocycles. The van der Waals surface area contributed by atoms with E-state index in [0.717, 1.165) is 12.8 Å². The number of rotatable bonds is 5. The Hall–Kier alpha value is -2.49. The van der Waals surface area contributed by atoms with Crippen molar-refractivity contribution in [1.82, 2.24) is 4.98 Å². The minimum Gasteiger partial charge on any atom is -0.311 e. The molecule has 0 amide bonds. The monoisotopic (exact) mass is 254 g/mol. The van der Waals surface area contributed by atoms with Crippen molar-refractivity contribution in [1.29, 1.82) is 0 Å². The summed E-state index contributed by atoms with van der Waals surface area (Å²) in [6.07, 6.45) is 4.72. The standard InChI is InChI=1S/C15H14N2O2/c18-15(14-10-4-5-11-16-14)19-17-12-6-9-13-7-2-1-3-8-13/h1-5,7-8,10-12H,6,9H2/b17-12+. The number of aryl methyl sites for hydroxylation is 1. The van der Waals surface area contributed by atoms with Crippen LogP contribution in [-0.4, -0.2) is 17.2 Å². The Morgan fingerprint density at radius 2 is 1.95 bits per heavy atom. The average Bonchev–Trinajstić information content (AvgIpc) is 2.49. The molecule has 0 aliphatic rings. The lowest BCUT2D eigenvalue weighted by Gasteiger charge is -1.97. The molecular formula is C15H14N2O2. The van der Waals surface area contributed by atoms with E-state index in [2.05, 4.69) is 10.1 Å². The Bertz CT molecular complexity index is 539. The number of hydrogen-bond donors (Lipinski definition) is 0. The van der Waals surface area contributed by atoms with Crippen molar-refractivity contribution in [2.75, 3.05) is 0 Å². The van der Waals surface area contributed by atoms with Gasteiger partial charge in [-0.15, -0.1) is 0 Å². The molecule has 1 aromatic carbocycles. The van der Waals surface area contributed by atoms with Crippen molar-refractivity contribution in [3.8, 4) is 0 Å². The number of pyridine rings is 1. The number of carbonyl (C=O) groups excluding carboxylic acids is 1. The second-order valence-electron chi connectivity index (χ2n) is 3.91. The summed E-state index contributed by atoms with van der Waals surface area (Å²) in [5.41, 5.74) is 1.48. The van der Waals surface area contributed by atoms with E-state index in [1.54, 1.807) is 24.4 Å². The smallest absolute Gasteiger partial charge is 0.311 e. The first-order valence-corrected chi connectivity index (χ1v) is 6.04.